The van der Waals surface area contributed by atoms with Gasteiger partial charge < -0.3 is 9.73 Å². The Balaban J connectivity index is 1.23. The van der Waals surface area contributed by atoms with Crippen LogP contribution in [0.25, 0.3) is 65.5 Å². The first-order valence-corrected chi connectivity index (χ1v) is 16.5. The third kappa shape index (κ3) is 4.67. The van der Waals surface area contributed by atoms with E-state index >= 15 is 0 Å². The van der Waals surface area contributed by atoms with Gasteiger partial charge in [0.15, 0.2) is 5.84 Å². The fraction of sp³-hybridized carbons (Fsp3) is 0.0227. The summed E-state index contributed by atoms with van der Waals surface area (Å²) in [7, 11) is 0. The average Bonchev–Trinajstić information content (AvgIpc) is 3.54. The van der Waals surface area contributed by atoms with Crippen LogP contribution in [-0.4, -0.2) is 16.7 Å². The van der Waals surface area contributed by atoms with E-state index in [9.17, 15) is 0 Å². The number of furan rings is 1. The lowest BCUT2D eigenvalue weighted by Crippen LogP contribution is -2.33. The Hall–Kier alpha value is -6.59. The van der Waals surface area contributed by atoms with Gasteiger partial charge in [0.1, 0.15) is 23.2 Å². The number of aliphatic imine (C=N–C) groups is 2. The molecular weight excluding hydrogens is 601 g/mol. The zero-order chi connectivity index (χ0) is 32.3. The summed E-state index contributed by atoms with van der Waals surface area (Å²) >= 11 is 0. The second-order valence-electron chi connectivity index (χ2n) is 12.5. The van der Waals surface area contributed by atoms with Crippen LogP contribution in [0, 0.1) is 0 Å². The zero-order valence-corrected chi connectivity index (χ0v) is 26.3. The number of amidine groups is 2. The fourth-order valence-corrected chi connectivity index (χ4v) is 7.08. The predicted molar refractivity (Wildman–Crippen MR) is 201 cm³/mol. The number of aromatic nitrogens is 1. The smallest absolute Gasteiger partial charge is 0.160 e. The number of nitrogens with zero attached hydrogens (tertiary/aromatic N) is 3. The molecule has 1 unspecified atom stereocenters. The number of fused-ring (bicyclic) bond motifs is 6. The van der Waals surface area contributed by atoms with Crippen LogP contribution < -0.4 is 5.32 Å². The van der Waals surface area contributed by atoms with Crippen LogP contribution in [0.2, 0.25) is 0 Å². The van der Waals surface area contributed by atoms with Gasteiger partial charge in [-0.2, -0.15) is 0 Å². The number of hydrogen-bond acceptors (Lipinski definition) is 5. The minimum atomic E-state index is -0.325. The van der Waals surface area contributed by atoms with Gasteiger partial charge in [-0.3, -0.25) is 4.98 Å². The molecule has 9 aromatic rings. The highest BCUT2D eigenvalue weighted by atomic mass is 16.3. The summed E-state index contributed by atoms with van der Waals surface area (Å²) in [5.41, 5.74) is 7.57. The Morgan fingerprint density at radius 2 is 1.22 bits per heavy atom. The molecule has 1 aliphatic rings. The molecule has 1 aliphatic heterocycles. The van der Waals surface area contributed by atoms with Crippen molar-refractivity contribution >= 4 is 66.1 Å². The Bertz CT molecular complexity index is 2810. The number of pyridine rings is 1. The van der Waals surface area contributed by atoms with Gasteiger partial charge >= 0.3 is 0 Å². The Kier molecular flexibility index (Phi) is 6.18. The molecule has 7 aromatic carbocycles. The Morgan fingerprint density at radius 1 is 0.551 bits per heavy atom. The molecule has 0 radical (unpaired) electrons. The highest BCUT2D eigenvalue weighted by Crippen LogP contribution is 2.41. The number of rotatable bonds is 4. The summed E-state index contributed by atoms with van der Waals surface area (Å²) in [6.45, 7) is 0. The molecule has 0 bridgehead atoms. The summed E-state index contributed by atoms with van der Waals surface area (Å²) in [4.78, 5) is 15.1. The standard InChI is InChI=1S/C44H28N4O/c1-2-11-29(12-3-1)42-46-43(34-19-17-28-10-5-7-14-31(28)24-34)48-44(47-42)36-21-20-35(32-18-16-27-9-4-6-13-30(27)23-32)41-40(36)37-25-33-15-8-22-45-38(33)26-39(37)49-41/h1-26,42H,(H,46,47,48). The lowest BCUT2D eigenvalue weighted by Gasteiger charge is -2.24. The maximum absolute atomic E-state index is 6.80. The third-order valence-electron chi connectivity index (χ3n) is 9.53. The maximum atomic E-state index is 6.80. The van der Waals surface area contributed by atoms with Crippen LogP contribution >= 0.6 is 0 Å². The second-order valence-corrected chi connectivity index (χ2v) is 12.5. The summed E-state index contributed by atoms with van der Waals surface area (Å²) in [5, 5.41) is 11.4. The van der Waals surface area contributed by atoms with E-state index in [1.807, 2.05) is 36.5 Å². The van der Waals surface area contributed by atoms with Crippen molar-refractivity contribution in [3.05, 3.63) is 175 Å². The first-order valence-electron chi connectivity index (χ1n) is 16.5. The molecule has 2 aromatic heterocycles. The minimum Gasteiger partial charge on any atom is -0.455 e. The highest BCUT2D eigenvalue weighted by molar-refractivity contribution is 6.24. The molecule has 230 valence electrons. The van der Waals surface area contributed by atoms with Gasteiger partial charge in [0, 0.05) is 45.1 Å². The van der Waals surface area contributed by atoms with Crippen LogP contribution in [0.5, 0.6) is 0 Å². The second kappa shape index (κ2) is 11.0. The van der Waals surface area contributed by atoms with Gasteiger partial charge in [0.25, 0.3) is 0 Å². The number of nitrogens with one attached hydrogen (secondary N) is 1. The van der Waals surface area contributed by atoms with E-state index in [0.717, 1.165) is 71.9 Å². The summed E-state index contributed by atoms with van der Waals surface area (Å²) < 4.78 is 6.80. The first-order chi connectivity index (χ1) is 24.2. The molecule has 5 nitrogen and oxygen atoms in total. The molecule has 3 heterocycles. The molecule has 0 amide bonds. The van der Waals surface area contributed by atoms with Crippen molar-refractivity contribution in [2.45, 2.75) is 6.17 Å². The topological polar surface area (TPSA) is 62.8 Å². The summed E-state index contributed by atoms with van der Waals surface area (Å²) in [5.74, 6) is 1.43. The molecule has 1 atom stereocenters. The lowest BCUT2D eigenvalue weighted by molar-refractivity contribution is 0.669. The van der Waals surface area contributed by atoms with Crippen molar-refractivity contribution < 1.29 is 4.42 Å². The van der Waals surface area contributed by atoms with Gasteiger partial charge in [-0.15, -0.1) is 0 Å². The van der Waals surface area contributed by atoms with Crippen molar-refractivity contribution in [3.8, 4) is 11.1 Å². The van der Waals surface area contributed by atoms with Gasteiger partial charge in [-0.1, -0.05) is 109 Å². The molecule has 0 saturated heterocycles. The Labute approximate surface area is 281 Å². The Morgan fingerprint density at radius 3 is 2.02 bits per heavy atom. The van der Waals surface area contributed by atoms with Crippen molar-refractivity contribution in [2.24, 2.45) is 9.98 Å². The van der Waals surface area contributed by atoms with Crippen molar-refractivity contribution in [2.75, 3.05) is 0 Å². The van der Waals surface area contributed by atoms with Gasteiger partial charge in [0.2, 0.25) is 0 Å². The predicted octanol–water partition coefficient (Wildman–Crippen LogP) is 10.6. The molecule has 0 fully saturated rings. The molecule has 1 N–H and O–H groups in total. The number of hydrogen-bond donors (Lipinski definition) is 1. The van der Waals surface area contributed by atoms with E-state index in [-0.39, 0.29) is 6.17 Å². The third-order valence-corrected chi connectivity index (χ3v) is 9.53. The van der Waals surface area contributed by atoms with Crippen molar-refractivity contribution in [1.82, 2.24) is 10.3 Å². The van der Waals surface area contributed by atoms with E-state index in [2.05, 4.69) is 132 Å². The SMILES string of the molecule is c1ccc(C2N=C(c3ccc(-c4ccc5ccccc5c4)c4oc5cc6ncccc6cc5c34)N=C(c3ccc4ccccc4c3)N2)cc1. The van der Waals surface area contributed by atoms with Crippen LogP contribution in [0.15, 0.2) is 172 Å². The van der Waals surface area contributed by atoms with Crippen LogP contribution in [0.4, 0.5) is 0 Å². The monoisotopic (exact) mass is 628 g/mol. The van der Waals surface area contributed by atoms with E-state index < -0.39 is 0 Å². The van der Waals surface area contributed by atoms with E-state index in [4.69, 9.17) is 14.4 Å². The molecule has 5 heteroatoms. The summed E-state index contributed by atoms with van der Waals surface area (Å²) in [6.07, 6.45) is 1.49. The molecule has 49 heavy (non-hydrogen) atoms. The van der Waals surface area contributed by atoms with Crippen LogP contribution in [0.3, 0.4) is 0 Å². The molecular formula is C44H28N4O. The van der Waals surface area contributed by atoms with Gasteiger partial charge in [-0.25, -0.2) is 9.98 Å². The fourth-order valence-electron chi connectivity index (χ4n) is 7.08. The highest BCUT2D eigenvalue weighted by Gasteiger charge is 2.25. The van der Waals surface area contributed by atoms with Gasteiger partial charge in [0.05, 0.1) is 5.52 Å². The molecule has 0 saturated carbocycles. The van der Waals surface area contributed by atoms with E-state index in [1.165, 1.54) is 16.2 Å². The average molecular weight is 629 g/mol. The maximum Gasteiger partial charge on any atom is 0.160 e. The van der Waals surface area contributed by atoms with Crippen molar-refractivity contribution in [1.29, 1.82) is 0 Å². The van der Waals surface area contributed by atoms with E-state index in [0.29, 0.717) is 5.84 Å². The molecule has 0 aliphatic carbocycles. The van der Waals surface area contributed by atoms with Gasteiger partial charge in [-0.05, 0) is 69.1 Å². The van der Waals surface area contributed by atoms with E-state index in [1.54, 1.807) is 0 Å². The number of benzene rings is 7. The minimum absolute atomic E-state index is 0.325. The normalized spacial score (nSPS) is 14.7. The quantitative estimate of drug-likeness (QED) is 0.211. The molecule has 0 spiro atoms. The first kappa shape index (κ1) is 27.5. The van der Waals surface area contributed by atoms with Crippen LogP contribution in [0.1, 0.15) is 22.9 Å². The summed E-state index contributed by atoms with van der Waals surface area (Å²) in [6, 6.07) is 52.8. The lowest BCUT2D eigenvalue weighted by atomic mass is 9.95. The molecule has 10 rings (SSSR count). The zero-order valence-electron chi connectivity index (χ0n) is 26.3. The van der Waals surface area contributed by atoms with Crippen LogP contribution in [-0.2, 0) is 0 Å². The largest absolute Gasteiger partial charge is 0.455 e. The van der Waals surface area contributed by atoms with Crippen molar-refractivity contribution in [3.63, 3.8) is 0 Å².